The normalized spacial score (nSPS) is 10.5. The minimum atomic E-state index is -0.0531. The van der Waals surface area contributed by atoms with E-state index in [4.69, 9.17) is 9.47 Å². The Bertz CT molecular complexity index is 518. The van der Waals surface area contributed by atoms with Crippen LogP contribution in [0.25, 0.3) is 0 Å². The van der Waals surface area contributed by atoms with Crippen LogP contribution in [0.5, 0.6) is 0 Å². The topological polar surface area (TPSA) is 52.6 Å². The highest BCUT2D eigenvalue weighted by Crippen LogP contribution is 2.11. The molecule has 0 aliphatic heterocycles. The second kappa shape index (κ2) is 27.7. The van der Waals surface area contributed by atoms with Gasteiger partial charge in [-0.25, -0.2) is 0 Å². The second-order valence-electron chi connectivity index (χ2n) is 9.41. The summed E-state index contributed by atoms with van der Waals surface area (Å²) in [6.07, 6.45) is 23.5. The number of hydrogen-bond acceptors (Lipinski definition) is 4. The van der Waals surface area contributed by atoms with Crippen molar-refractivity contribution in [2.75, 3.05) is 13.2 Å². The maximum atomic E-state index is 11.8. The van der Waals surface area contributed by atoms with Crippen molar-refractivity contribution in [1.29, 1.82) is 0 Å². The van der Waals surface area contributed by atoms with Crippen molar-refractivity contribution in [3.63, 3.8) is 0 Å². The first kappa shape index (κ1) is 32.5. The van der Waals surface area contributed by atoms with Gasteiger partial charge in [0.15, 0.2) is 0 Å². The van der Waals surface area contributed by atoms with Gasteiger partial charge in [-0.05, 0) is 32.1 Å². The summed E-state index contributed by atoms with van der Waals surface area (Å²) in [5.41, 5.74) is 0. The molecule has 4 nitrogen and oxygen atoms in total. The van der Waals surface area contributed by atoms with E-state index in [9.17, 15) is 9.59 Å². The number of unbranched alkanes of at least 4 members (excludes halogenated alkanes) is 16. The van der Waals surface area contributed by atoms with Crippen LogP contribution in [0.1, 0.15) is 155 Å². The number of esters is 2. The fourth-order valence-electron chi connectivity index (χ4n) is 3.88. The van der Waals surface area contributed by atoms with Gasteiger partial charge < -0.3 is 9.47 Å². The van der Waals surface area contributed by atoms with E-state index in [-0.39, 0.29) is 11.9 Å². The van der Waals surface area contributed by atoms with Crippen LogP contribution < -0.4 is 0 Å². The predicted molar refractivity (Wildman–Crippen MR) is 143 cm³/mol. The monoisotopic (exact) mass is 478 g/mol. The largest absolute Gasteiger partial charge is 0.466 e. The first-order chi connectivity index (χ1) is 16.7. The van der Waals surface area contributed by atoms with Crippen LogP contribution in [0.15, 0.2) is 0 Å². The van der Waals surface area contributed by atoms with Crippen molar-refractivity contribution < 1.29 is 19.1 Å². The van der Waals surface area contributed by atoms with E-state index in [1.165, 1.54) is 51.4 Å². The lowest BCUT2D eigenvalue weighted by atomic mass is 10.1. The summed E-state index contributed by atoms with van der Waals surface area (Å²) in [6, 6.07) is 0. The first-order valence-electron chi connectivity index (χ1n) is 14.5. The van der Waals surface area contributed by atoms with Gasteiger partial charge in [0, 0.05) is 25.7 Å². The molecule has 0 N–H and O–H groups in total. The molecule has 0 aromatic rings. The molecule has 0 saturated heterocycles. The molecule has 0 aliphatic rings. The zero-order valence-corrected chi connectivity index (χ0v) is 22.6. The van der Waals surface area contributed by atoms with Crippen LogP contribution in [-0.4, -0.2) is 25.2 Å². The Hall–Kier alpha value is -1.50. The molecule has 4 heteroatoms. The molecule has 0 radical (unpaired) electrons. The Morgan fingerprint density at radius 2 is 0.912 bits per heavy atom. The zero-order valence-electron chi connectivity index (χ0n) is 22.6. The maximum absolute atomic E-state index is 11.8. The zero-order chi connectivity index (χ0) is 25.0. The minimum Gasteiger partial charge on any atom is -0.466 e. The van der Waals surface area contributed by atoms with Gasteiger partial charge in [0.25, 0.3) is 0 Å². The summed E-state index contributed by atoms with van der Waals surface area (Å²) in [7, 11) is 0. The summed E-state index contributed by atoms with van der Waals surface area (Å²) in [5, 5.41) is 0. The van der Waals surface area contributed by atoms with E-state index in [1.54, 1.807) is 0 Å². The van der Waals surface area contributed by atoms with E-state index in [1.807, 2.05) is 0 Å². The van der Waals surface area contributed by atoms with Crippen LogP contribution in [0, 0.1) is 11.8 Å². The molecule has 0 spiro atoms. The van der Waals surface area contributed by atoms with Gasteiger partial charge in [-0.15, -0.1) is 11.8 Å². The molecule has 0 aromatic heterocycles. The van der Waals surface area contributed by atoms with Crippen molar-refractivity contribution in [3.8, 4) is 11.8 Å². The lowest BCUT2D eigenvalue weighted by Crippen LogP contribution is -2.06. The number of ether oxygens (including phenoxy) is 2. The summed E-state index contributed by atoms with van der Waals surface area (Å²) in [5.74, 6) is 6.19. The molecule has 0 rings (SSSR count). The molecule has 198 valence electrons. The average molecular weight is 479 g/mol. The number of carbonyl (C=O) groups excluding carboxylic acids is 2. The molecule has 0 fully saturated rings. The Kier molecular flexibility index (Phi) is 26.5. The van der Waals surface area contributed by atoms with Crippen molar-refractivity contribution >= 4 is 11.9 Å². The van der Waals surface area contributed by atoms with Crippen LogP contribution in [0.4, 0.5) is 0 Å². The highest BCUT2D eigenvalue weighted by molar-refractivity contribution is 5.69. The molecule has 0 bridgehead atoms. The van der Waals surface area contributed by atoms with Gasteiger partial charge in [0.2, 0.25) is 0 Å². The highest BCUT2D eigenvalue weighted by Gasteiger charge is 2.04. The van der Waals surface area contributed by atoms with E-state index in [2.05, 4.69) is 25.7 Å². The van der Waals surface area contributed by atoms with Gasteiger partial charge in [0.1, 0.15) is 0 Å². The molecule has 34 heavy (non-hydrogen) atoms. The van der Waals surface area contributed by atoms with Crippen molar-refractivity contribution in [3.05, 3.63) is 0 Å². The maximum Gasteiger partial charge on any atom is 0.305 e. The second-order valence-corrected chi connectivity index (χ2v) is 9.41. The molecule has 0 heterocycles. The fraction of sp³-hybridized carbons (Fsp3) is 0.867. The van der Waals surface area contributed by atoms with Crippen LogP contribution >= 0.6 is 0 Å². The number of hydrogen-bond donors (Lipinski definition) is 0. The quantitative estimate of drug-likeness (QED) is 0.0790. The average Bonchev–Trinajstić information content (AvgIpc) is 2.83. The Morgan fingerprint density at radius 3 is 1.38 bits per heavy atom. The SMILES string of the molecule is CCC#CCCCCCCCCOC(=O)CCCCCCCCC(=O)OCCCCCCCC. The standard InChI is InChI=1S/C30H54O4/c1-3-5-7-9-11-12-13-16-20-24-28-34-30(32)26-22-18-15-14-17-21-25-29(31)33-27-23-19-10-8-6-4-2/h3-4,6,8-28H2,1-2H3. The van der Waals surface area contributed by atoms with Gasteiger partial charge in [-0.3, -0.25) is 9.59 Å². The molecular weight excluding hydrogens is 424 g/mol. The molecule has 0 saturated carbocycles. The molecule has 0 unspecified atom stereocenters. The number of carbonyl (C=O) groups is 2. The molecule has 0 aromatic carbocycles. The van der Waals surface area contributed by atoms with Crippen molar-refractivity contribution in [2.45, 2.75) is 155 Å². The number of rotatable bonds is 24. The predicted octanol–water partition coefficient (Wildman–Crippen LogP) is 8.70. The van der Waals surface area contributed by atoms with E-state index < -0.39 is 0 Å². The summed E-state index contributed by atoms with van der Waals surface area (Å²) >= 11 is 0. The summed E-state index contributed by atoms with van der Waals surface area (Å²) in [4.78, 5) is 23.5. The van der Waals surface area contributed by atoms with E-state index in [0.29, 0.717) is 26.1 Å². The fourth-order valence-corrected chi connectivity index (χ4v) is 3.88. The van der Waals surface area contributed by atoms with Crippen molar-refractivity contribution in [1.82, 2.24) is 0 Å². The van der Waals surface area contributed by atoms with E-state index in [0.717, 1.165) is 77.0 Å². The third kappa shape index (κ3) is 26.7. The third-order valence-electron chi connectivity index (χ3n) is 6.03. The van der Waals surface area contributed by atoms with E-state index >= 15 is 0 Å². The van der Waals surface area contributed by atoms with Crippen LogP contribution in [0.3, 0.4) is 0 Å². The molecule has 0 aliphatic carbocycles. The molecule has 0 amide bonds. The summed E-state index contributed by atoms with van der Waals surface area (Å²) in [6.45, 7) is 5.45. The van der Waals surface area contributed by atoms with Gasteiger partial charge in [-0.2, -0.15) is 0 Å². The Morgan fingerprint density at radius 1 is 0.500 bits per heavy atom. The third-order valence-corrected chi connectivity index (χ3v) is 6.03. The molecular formula is C30H54O4. The summed E-state index contributed by atoms with van der Waals surface area (Å²) < 4.78 is 10.6. The first-order valence-corrected chi connectivity index (χ1v) is 14.5. The van der Waals surface area contributed by atoms with Crippen LogP contribution in [-0.2, 0) is 19.1 Å². The van der Waals surface area contributed by atoms with Crippen LogP contribution in [0.2, 0.25) is 0 Å². The Balaban J connectivity index is 3.27. The Labute approximate surface area is 211 Å². The smallest absolute Gasteiger partial charge is 0.305 e. The van der Waals surface area contributed by atoms with Crippen molar-refractivity contribution in [2.24, 2.45) is 0 Å². The van der Waals surface area contributed by atoms with Gasteiger partial charge >= 0.3 is 11.9 Å². The van der Waals surface area contributed by atoms with Gasteiger partial charge in [0.05, 0.1) is 13.2 Å². The van der Waals surface area contributed by atoms with Gasteiger partial charge in [-0.1, -0.05) is 97.3 Å². The molecule has 0 atom stereocenters. The lowest BCUT2D eigenvalue weighted by molar-refractivity contribution is -0.144. The highest BCUT2D eigenvalue weighted by atomic mass is 16.5. The minimum absolute atomic E-state index is 0.0476. The lowest BCUT2D eigenvalue weighted by Gasteiger charge is -2.06.